The molecule has 3 rings (SSSR count). The molecule has 2 aromatic rings. The van der Waals surface area contributed by atoms with Crippen LogP contribution in [0.3, 0.4) is 0 Å². The summed E-state index contributed by atoms with van der Waals surface area (Å²) in [5.74, 6) is -0.385. The summed E-state index contributed by atoms with van der Waals surface area (Å²) in [4.78, 5) is 27.5. The van der Waals surface area contributed by atoms with Gasteiger partial charge in [0.25, 0.3) is 5.91 Å². The molecule has 2 aromatic carbocycles. The Bertz CT molecular complexity index is 733. The van der Waals surface area contributed by atoms with Crippen molar-refractivity contribution in [3.63, 3.8) is 0 Å². The Hall–Kier alpha value is -2.30. The lowest BCUT2D eigenvalue weighted by Gasteiger charge is -2.17. The maximum atomic E-state index is 12.6. The second-order valence-corrected chi connectivity index (χ2v) is 6.33. The van der Waals surface area contributed by atoms with Crippen LogP contribution in [-0.4, -0.2) is 21.7 Å². The third kappa shape index (κ3) is 3.30. The highest BCUT2D eigenvalue weighted by Gasteiger charge is 2.39. The van der Waals surface area contributed by atoms with Crippen molar-refractivity contribution < 1.29 is 9.59 Å². The largest absolute Gasteiger partial charge is 0.332 e. The van der Waals surface area contributed by atoms with E-state index in [2.05, 4.69) is 6.58 Å². The molecule has 4 nitrogen and oxygen atoms in total. The second kappa shape index (κ2) is 6.67. The summed E-state index contributed by atoms with van der Waals surface area (Å²) in [7, 11) is 0. The molecule has 0 unspecified atom stereocenters. The van der Waals surface area contributed by atoms with Crippen molar-refractivity contribution in [1.29, 1.82) is 0 Å². The van der Waals surface area contributed by atoms with E-state index < -0.39 is 0 Å². The van der Waals surface area contributed by atoms with E-state index in [-0.39, 0.29) is 30.7 Å². The molecule has 1 heterocycles. The van der Waals surface area contributed by atoms with E-state index in [0.717, 1.165) is 11.1 Å². The minimum Gasteiger partial charge on any atom is -0.285 e. The molecule has 0 aromatic heterocycles. The van der Waals surface area contributed by atoms with Gasteiger partial charge in [-0.15, -0.1) is 0 Å². The highest BCUT2D eigenvalue weighted by atomic mass is 35.5. The van der Waals surface area contributed by atoms with Crippen LogP contribution < -0.4 is 0 Å². The molecule has 6 heteroatoms. The van der Waals surface area contributed by atoms with Crippen molar-refractivity contribution >= 4 is 35.1 Å². The summed E-state index contributed by atoms with van der Waals surface area (Å²) in [5.41, 5.74) is 1.86. The van der Waals surface area contributed by atoms with Gasteiger partial charge in [-0.1, -0.05) is 54.0 Å². The summed E-state index contributed by atoms with van der Waals surface area (Å²) >= 11 is 11.7. The maximum absolute atomic E-state index is 12.6. The lowest BCUT2D eigenvalue weighted by molar-refractivity contribution is -0.123. The van der Waals surface area contributed by atoms with Gasteiger partial charge in [-0.05, 0) is 35.4 Å². The van der Waals surface area contributed by atoms with Crippen LogP contribution in [0.4, 0.5) is 4.79 Å². The van der Waals surface area contributed by atoms with E-state index in [1.54, 1.807) is 36.4 Å². The van der Waals surface area contributed by atoms with Gasteiger partial charge in [0.1, 0.15) is 5.70 Å². The SMILES string of the molecule is C=C1C(=O)N(Cc2ccc(Cl)cc2)C(=O)N1Cc1ccc(Cl)cc1. The summed E-state index contributed by atoms with van der Waals surface area (Å²) in [6, 6.07) is 13.8. The molecule has 1 aliphatic heterocycles. The maximum Gasteiger partial charge on any atom is 0.332 e. The number of nitrogens with zero attached hydrogens (tertiary/aromatic N) is 2. The Morgan fingerprint density at radius 1 is 0.750 bits per heavy atom. The topological polar surface area (TPSA) is 40.6 Å². The molecule has 0 bridgehead atoms. The van der Waals surface area contributed by atoms with E-state index in [4.69, 9.17) is 23.2 Å². The third-order valence-corrected chi connectivity index (χ3v) is 4.29. The average Bonchev–Trinajstić information content (AvgIpc) is 2.76. The first-order chi connectivity index (χ1) is 11.5. The Morgan fingerprint density at radius 2 is 1.17 bits per heavy atom. The number of benzene rings is 2. The standard InChI is InChI=1S/C18H14Cl2N2O2/c1-12-17(23)22(11-14-4-8-16(20)9-5-14)18(24)21(12)10-13-2-6-15(19)7-3-13/h2-9H,1,10-11H2. The van der Waals surface area contributed by atoms with Crippen molar-refractivity contribution in [1.82, 2.24) is 9.80 Å². The first-order valence-corrected chi connectivity index (χ1v) is 8.02. The molecule has 24 heavy (non-hydrogen) atoms. The molecular formula is C18H14Cl2N2O2. The number of carbonyl (C=O) groups excluding carboxylic acids is 2. The Balaban J connectivity index is 1.77. The first-order valence-electron chi connectivity index (χ1n) is 7.27. The molecule has 1 saturated heterocycles. The zero-order valence-electron chi connectivity index (χ0n) is 12.7. The average molecular weight is 361 g/mol. The van der Waals surface area contributed by atoms with E-state index in [1.807, 2.05) is 12.1 Å². The molecule has 1 fully saturated rings. The van der Waals surface area contributed by atoms with Gasteiger partial charge in [0, 0.05) is 10.0 Å². The number of imide groups is 1. The zero-order valence-corrected chi connectivity index (χ0v) is 14.2. The molecule has 0 spiro atoms. The van der Waals surface area contributed by atoms with Crippen molar-refractivity contribution in [2.45, 2.75) is 13.1 Å². The van der Waals surface area contributed by atoms with E-state index in [0.29, 0.717) is 10.0 Å². The van der Waals surface area contributed by atoms with Gasteiger partial charge < -0.3 is 0 Å². The molecular weight excluding hydrogens is 347 g/mol. The normalized spacial score (nSPS) is 14.7. The van der Waals surface area contributed by atoms with Crippen molar-refractivity contribution in [2.24, 2.45) is 0 Å². The van der Waals surface area contributed by atoms with Crippen LogP contribution in [0.2, 0.25) is 10.0 Å². The first kappa shape index (κ1) is 16.6. The van der Waals surface area contributed by atoms with E-state index in [1.165, 1.54) is 9.80 Å². The smallest absolute Gasteiger partial charge is 0.285 e. The predicted octanol–water partition coefficient (Wildman–Crippen LogP) is 4.47. The van der Waals surface area contributed by atoms with Crippen LogP contribution in [0, 0.1) is 0 Å². The molecule has 0 N–H and O–H groups in total. The van der Waals surface area contributed by atoms with Crippen LogP contribution in [0.1, 0.15) is 11.1 Å². The summed E-state index contributed by atoms with van der Waals surface area (Å²) in [5, 5.41) is 1.22. The Morgan fingerprint density at radius 3 is 1.62 bits per heavy atom. The van der Waals surface area contributed by atoms with Gasteiger partial charge in [0.05, 0.1) is 13.1 Å². The van der Waals surface area contributed by atoms with Gasteiger partial charge in [-0.3, -0.25) is 14.6 Å². The van der Waals surface area contributed by atoms with Gasteiger partial charge in [0.15, 0.2) is 0 Å². The number of amides is 3. The van der Waals surface area contributed by atoms with Crippen LogP contribution in [0.25, 0.3) is 0 Å². The summed E-state index contributed by atoms with van der Waals surface area (Å²) in [6.45, 7) is 4.21. The number of rotatable bonds is 4. The fourth-order valence-electron chi connectivity index (χ4n) is 2.47. The minimum atomic E-state index is -0.385. The molecule has 1 aliphatic rings. The highest BCUT2D eigenvalue weighted by Crippen LogP contribution is 2.25. The fraction of sp³-hybridized carbons (Fsp3) is 0.111. The van der Waals surface area contributed by atoms with Crippen molar-refractivity contribution in [3.8, 4) is 0 Å². The minimum absolute atomic E-state index is 0.170. The van der Waals surface area contributed by atoms with Crippen LogP contribution in [0.5, 0.6) is 0 Å². The third-order valence-electron chi connectivity index (χ3n) is 3.79. The zero-order chi connectivity index (χ0) is 17.3. The number of hydrogen-bond acceptors (Lipinski definition) is 2. The van der Waals surface area contributed by atoms with E-state index in [9.17, 15) is 9.59 Å². The monoisotopic (exact) mass is 360 g/mol. The molecule has 0 saturated carbocycles. The number of halogens is 2. The molecule has 122 valence electrons. The number of hydrogen-bond donors (Lipinski definition) is 0. The van der Waals surface area contributed by atoms with Crippen LogP contribution in [-0.2, 0) is 17.9 Å². The Labute approximate surface area is 149 Å². The quantitative estimate of drug-likeness (QED) is 0.596. The van der Waals surface area contributed by atoms with Crippen molar-refractivity contribution in [2.75, 3.05) is 0 Å². The van der Waals surface area contributed by atoms with Gasteiger partial charge >= 0.3 is 6.03 Å². The molecule has 3 amide bonds. The number of urea groups is 1. The lowest BCUT2D eigenvalue weighted by Crippen LogP contribution is -2.32. The predicted molar refractivity (Wildman–Crippen MR) is 93.5 cm³/mol. The molecule has 0 aliphatic carbocycles. The lowest BCUT2D eigenvalue weighted by atomic mass is 10.2. The molecule has 0 atom stereocenters. The highest BCUT2D eigenvalue weighted by molar-refractivity contribution is 6.30. The number of carbonyl (C=O) groups is 2. The van der Waals surface area contributed by atoms with Gasteiger partial charge in [-0.25, -0.2) is 4.79 Å². The Kier molecular flexibility index (Phi) is 4.60. The fourth-order valence-corrected chi connectivity index (χ4v) is 2.72. The van der Waals surface area contributed by atoms with E-state index >= 15 is 0 Å². The van der Waals surface area contributed by atoms with Crippen LogP contribution >= 0.6 is 23.2 Å². The van der Waals surface area contributed by atoms with Crippen LogP contribution in [0.15, 0.2) is 60.8 Å². The van der Waals surface area contributed by atoms with Crippen molar-refractivity contribution in [3.05, 3.63) is 82.0 Å². The summed E-state index contributed by atoms with van der Waals surface area (Å²) < 4.78 is 0. The molecule has 0 radical (unpaired) electrons. The second-order valence-electron chi connectivity index (χ2n) is 5.46. The van der Waals surface area contributed by atoms with Gasteiger partial charge in [-0.2, -0.15) is 0 Å². The van der Waals surface area contributed by atoms with Gasteiger partial charge in [0.2, 0.25) is 0 Å². The summed E-state index contributed by atoms with van der Waals surface area (Å²) in [6.07, 6.45) is 0.